The first-order valence-electron chi connectivity index (χ1n) is 8.29. The van der Waals surface area contributed by atoms with Crippen molar-refractivity contribution in [2.24, 2.45) is 0 Å². The highest BCUT2D eigenvalue weighted by atomic mass is 32.2. The van der Waals surface area contributed by atoms with E-state index in [9.17, 15) is 21.2 Å². The van der Waals surface area contributed by atoms with Crippen LogP contribution in [0.5, 0.6) is 0 Å². The van der Waals surface area contributed by atoms with Crippen molar-refractivity contribution in [1.82, 2.24) is 9.97 Å². The van der Waals surface area contributed by atoms with Crippen LogP contribution in [0, 0.1) is 19.7 Å². The van der Waals surface area contributed by atoms with Gasteiger partial charge in [0.15, 0.2) is 0 Å². The van der Waals surface area contributed by atoms with E-state index in [1.807, 2.05) is 0 Å². The molecule has 3 rings (SSSR count). The molecule has 0 saturated carbocycles. The zero-order chi connectivity index (χ0) is 21.2. The Morgan fingerprint density at radius 3 is 1.83 bits per heavy atom. The Bertz CT molecular complexity index is 1220. The van der Waals surface area contributed by atoms with Crippen molar-refractivity contribution in [3.63, 3.8) is 0 Å². The highest BCUT2D eigenvalue weighted by molar-refractivity contribution is 7.93. The molecule has 152 valence electrons. The second-order valence-corrected chi connectivity index (χ2v) is 9.50. The number of anilines is 2. The number of nitrogens with one attached hydrogen (secondary N) is 2. The Morgan fingerprint density at radius 1 is 0.759 bits per heavy atom. The van der Waals surface area contributed by atoms with Gasteiger partial charge in [-0.25, -0.2) is 31.2 Å². The van der Waals surface area contributed by atoms with Gasteiger partial charge in [0.1, 0.15) is 17.5 Å². The molecule has 0 aliphatic carbocycles. The highest BCUT2D eigenvalue weighted by Gasteiger charge is 2.17. The molecule has 11 heteroatoms. The summed E-state index contributed by atoms with van der Waals surface area (Å²) in [5.74, 6) is 0.00409. The van der Waals surface area contributed by atoms with Gasteiger partial charge in [-0.05, 0) is 62.4 Å². The number of hydrogen-bond donors (Lipinski definition) is 2. The van der Waals surface area contributed by atoms with Crippen molar-refractivity contribution < 1.29 is 21.2 Å². The van der Waals surface area contributed by atoms with E-state index in [1.54, 1.807) is 13.8 Å². The lowest BCUT2D eigenvalue weighted by Crippen LogP contribution is -2.15. The maximum Gasteiger partial charge on any atom is 0.263 e. The smallest absolute Gasteiger partial charge is 0.263 e. The van der Waals surface area contributed by atoms with Crippen LogP contribution >= 0.6 is 0 Å². The molecule has 0 atom stereocenters. The number of halogens is 1. The summed E-state index contributed by atoms with van der Waals surface area (Å²) in [6.07, 6.45) is 0. The lowest BCUT2D eigenvalue weighted by Gasteiger charge is -2.11. The van der Waals surface area contributed by atoms with E-state index in [0.29, 0.717) is 11.5 Å². The molecule has 1 heterocycles. The third-order valence-electron chi connectivity index (χ3n) is 3.75. The molecular weight excluding hydrogens is 419 g/mol. The predicted molar refractivity (Wildman–Crippen MR) is 106 cm³/mol. The maximum atomic E-state index is 13.0. The van der Waals surface area contributed by atoms with Gasteiger partial charge in [0.25, 0.3) is 20.0 Å². The van der Waals surface area contributed by atoms with Crippen molar-refractivity contribution in [3.8, 4) is 0 Å². The molecule has 0 fully saturated rings. The molecule has 2 N–H and O–H groups in total. The van der Waals surface area contributed by atoms with Crippen LogP contribution in [-0.4, -0.2) is 26.8 Å². The van der Waals surface area contributed by atoms with E-state index in [2.05, 4.69) is 19.4 Å². The van der Waals surface area contributed by atoms with Crippen LogP contribution in [-0.2, 0) is 20.0 Å². The number of aryl methyl sites for hydroxylation is 2. The minimum absolute atomic E-state index is 0.0730. The number of rotatable bonds is 6. The largest absolute Gasteiger partial charge is 0.280 e. The predicted octanol–water partition coefficient (Wildman–Crippen LogP) is 2.83. The van der Waals surface area contributed by atoms with Crippen LogP contribution in [0.15, 0.2) is 64.4 Å². The van der Waals surface area contributed by atoms with Crippen molar-refractivity contribution in [2.45, 2.75) is 23.6 Å². The summed E-state index contributed by atoms with van der Waals surface area (Å²) in [6, 6.07) is 11.0. The van der Waals surface area contributed by atoms with Crippen LogP contribution < -0.4 is 9.44 Å². The van der Waals surface area contributed by atoms with Crippen LogP contribution in [0.25, 0.3) is 0 Å². The molecule has 0 aliphatic heterocycles. The molecule has 0 aliphatic rings. The van der Waals surface area contributed by atoms with Gasteiger partial charge >= 0.3 is 0 Å². The molecule has 8 nitrogen and oxygen atoms in total. The van der Waals surface area contributed by atoms with Crippen molar-refractivity contribution in [2.75, 3.05) is 9.44 Å². The van der Waals surface area contributed by atoms with E-state index in [4.69, 9.17) is 0 Å². The zero-order valence-corrected chi connectivity index (χ0v) is 17.1. The fourth-order valence-electron chi connectivity index (χ4n) is 2.50. The minimum atomic E-state index is -3.94. The number of nitrogens with zero attached hydrogens (tertiary/aromatic N) is 2. The molecule has 2 aromatic carbocycles. The fourth-order valence-corrected chi connectivity index (χ4v) is 4.55. The maximum absolute atomic E-state index is 13.0. The van der Waals surface area contributed by atoms with Crippen LogP contribution in [0.3, 0.4) is 0 Å². The number of benzene rings is 2. The van der Waals surface area contributed by atoms with E-state index in [-0.39, 0.29) is 21.3 Å². The third-order valence-corrected chi connectivity index (χ3v) is 6.51. The van der Waals surface area contributed by atoms with Gasteiger partial charge in [0, 0.05) is 17.4 Å². The first kappa shape index (κ1) is 20.7. The Labute approximate surface area is 168 Å². The normalized spacial score (nSPS) is 11.8. The van der Waals surface area contributed by atoms with Gasteiger partial charge < -0.3 is 0 Å². The zero-order valence-electron chi connectivity index (χ0n) is 15.4. The molecule has 0 spiro atoms. The molecular formula is C18H17FN4O4S2. The molecule has 0 unspecified atom stereocenters. The van der Waals surface area contributed by atoms with Gasteiger partial charge in [-0.3, -0.25) is 9.44 Å². The van der Waals surface area contributed by atoms with Gasteiger partial charge in [-0.1, -0.05) is 0 Å². The molecule has 1 aromatic heterocycles. The van der Waals surface area contributed by atoms with Crippen molar-refractivity contribution >= 4 is 31.6 Å². The van der Waals surface area contributed by atoms with Gasteiger partial charge in [-0.2, -0.15) is 0 Å². The lowest BCUT2D eigenvalue weighted by molar-refractivity contribution is 0.599. The Morgan fingerprint density at radius 2 is 1.28 bits per heavy atom. The summed E-state index contributed by atoms with van der Waals surface area (Å²) >= 11 is 0. The highest BCUT2D eigenvalue weighted by Crippen LogP contribution is 2.20. The van der Waals surface area contributed by atoms with Gasteiger partial charge in [0.05, 0.1) is 9.79 Å². The molecule has 29 heavy (non-hydrogen) atoms. The molecule has 0 bridgehead atoms. The van der Waals surface area contributed by atoms with Crippen molar-refractivity contribution in [3.05, 3.63) is 71.9 Å². The lowest BCUT2D eigenvalue weighted by atomic mass is 10.3. The number of aromatic nitrogens is 2. The average Bonchev–Trinajstić information content (AvgIpc) is 2.61. The topological polar surface area (TPSA) is 118 Å². The summed E-state index contributed by atoms with van der Waals surface area (Å²) < 4.78 is 67.3. The first-order valence-corrected chi connectivity index (χ1v) is 11.3. The Kier molecular flexibility index (Phi) is 5.53. The quantitative estimate of drug-likeness (QED) is 0.613. The van der Waals surface area contributed by atoms with Crippen molar-refractivity contribution in [1.29, 1.82) is 0 Å². The summed E-state index contributed by atoms with van der Waals surface area (Å²) in [6.45, 7) is 3.36. The van der Waals surface area contributed by atoms with Crippen LogP contribution in [0.2, 0.25) is 0 Å². The molecule has 3 aromatic rings. The summed E-state index contributed by atoms with van der Waals surface area (Å²) in [7, 11) is -7.86. The minimum Gasteiger partial charge on any atom is -0.280 e. The second-order valence-electron chi connectivity index (χ2n) is 6.13. The Balaban J connectivity index is 1.79. The van der Waals surface area contributed by atoms with Gasteiger partial charge in [-0.15, -0.1) is 0 Å². The Hall–Kier alpha value is -3.05. The fraction of sp³-hybridized carbons (Fsp3) is 0.111. The van der Waals surface area contributed by atoms with Crippen LogP contribution in [0.1, 0.15) is 11.5 Å². The van der Waals surface area contributed by atoms with Crippen LogP contribution in [0.4, 0.5) is 15.9 Å². The monoisotopic (exact) mass is 436 g/mol. The summed E-state index contributed by atoms with van der Waals surface area (Å²) in [5, 5.41) is 0. The van der Waals surface area contributed by atoms with E-state index >= 15 is 0 Å². The number of sulfonamides is 2. The van der Waals surface area contributed by atoms with Gasteiger partial charge in [0.2, 0.25) is 0 Å². The molecule has 0 amide bonds. The summed E-state index contributed by atoms with van der Waals surface area (Å²) in [5.41, 5.74) is 0.766. The van der Waals surface area contributed by atoms with E-state index in [0.717, 1.165) is 24.3 Å². The second kappa shape index (κ2) is 7.76. The summed E-state index contributed by atoms with van der Waals surface area (Å²) in [4.78, 5) is 7.92. The molecule has 0 saturated heterocycles. The third kappa shape index (κ3) is 5.06. The standard InChI is InChI=1S/C18H17FN4O4S2/c1-12-11-18(21-13(2)20-12)23-29(26,27)17-9-5-15(6-10-17)22-28(24,25)16-7-3-14(19)4-8-16/h3-11,22H,1-2H3,(H,20,21,23). The molecule has 0 radical (unpaired) electrons. The first-order chi connectivity index (χ1) is 13.5. The number of hydrogen-bond acceptors (Lipinski definition) is 6. The van der Waals surface area contributed by atoms with E-state index < -0.39 is 25.9 Å². The SMILES string of the molecule is Cc1cc(NS(=O)(=O)c2ccc(NS(=O)(=O)c3ccc(F)cc3)cc2)nc(C)n1. The van der Waals surface area contributed by atoms with E-state index in [1.165, 1.54) is 30.3 Å². The average molecular weight is 436 g/mol.